The van der Waals surface area contributed by atoms with Gasteiger partial charge in [0, 0.05) is 24.0 Å². The van der Waals surface area contributed by atoms with Crippen molar-refractivity contribution in [1.29, 1.82) is 0 Å². The average Bonchev–Trinajstić information content (AvgIpc) is 3.07. The fourth-order valence-corrected chi connectivity index (χ4v) is 6.56. The minimum Gasteiger partial charge on any atom is -0.362 e. The number of fused-ring (bicyclic) bond motifs is 1. The van der Waals surface area contributed by atoms with Crippen LogP contribution in [-0.4, -0.2) is 46.2 Å². The molecule has 6 heteroatoms. The second-order valence-corrected chi connectivity index (χ2v) is 10.0. The van der Waals surface area contributed by atoms with Crippen LogP contribution in [0.25, 0.3) is 0 Å². The van der Waals surface area contributed by atoms with Gasteiger partial charge in [-0.25, -0.2) is 0 Å². The Balaban J connectivity index is 1.39. The molecule has 0 aromatic carbocycles. The molecule has 2 aliphatic carbocycles. The van der Waals surface area contributed by atoms with Crippen LogP contribution in [0.15, 0.2) is 21.1 Å². The van der Waals surface area contributed by atoms with Crippen LogP contribution >= 0.6 is 23.5 Å². The molecule has 0 atom stereocenters. The van der Waals surface area contributed by atoms with Crippen molar-refractivity contribution in [2.45, 2.75) is 89.1 Å². The molecule has 0 unspecified atom stereocenters. The Morgan fingerprint density at radius 1 is 1.07 bits per heavy atom. The van der Waals surface area contributed by atoms with Crippen molar-refractivity contribution in [1.82, 2.24) is 10.2 Å². The largest absolute Gasteiger partial charge is 0.362 e. The standard InChI is InChI=1S/C21H34N4S2/c1-2-6-10-17(9-5-1)23-20(24-18-11-7-3-4-8-12-18)26-15-19-16-27-21-22-13-14-25(19)21/h16-18H,1-15H2,(H,23,24). The third-order valence-electron chi connectivity index (χ3n) is 6.11. The lowest BCUT2D eigenvalue weighted by Gasteiger charge is -2.22. The lowest BCUT2D eigenvalue weighted by atomic mass is 10.1. The van der Waals surface area contributed by atoms with E-state index in [4.69, 9.17) is 4.99 Å². The first-order valence-electron chi connectivity index (χ1n) is 11.0. The highest BCUT2D eigenvalue weighted by Crippen LogP contribution is 2.31. The highest BCUT2D eigenvalue weighted by Gasteiger charge is 2.26. The quantitative estimate of drug-likeness (QED) is 0.387. The van der Waals surface area contributed by atoms with E-state index in [1.807, 2.05) is 11.8 Å². The monoisotopic (exact) mass is 406 g/mol. The van der Waals surface area contributed by atoms with Gasteiger partial charge in [0.1, 0.15) is 0 Å². The Labute approximate surface area is 173 Å². The molecule has 4 aliphatic rings. The molecule has 1 N–H and O–H groups in total. The van der Waals surface area contributed by atoms with Crippen molar-refractivity contribution >= 4 is 33.9 Å². The van der Waals surface area contributed by atoms with Crippen LogP contribution in [-0.2, 0) is 0 Å². The van der Waals surface area contributed by atoms with Gasteiger partial charge < -0.3 is 10.2 Å². The third kappa shape index (κ3) is 5.69. The first kappa shape index (κ1) is 19.7. The Morgan fingerprint density at radius 3 is 2.52 bits per heavy atom. The summed E-state index contributed by atoms with van der Waals surface area (Å²) in [6.45, 7) is 2.01. The maximum atomic E-state index is 5.25. The summed E-state index contributed by atoms with van der Waals surface area (Å²) in [7, 11) is 0. The van der Waals surface area contributed by atoms with E-state index >= 15 is 0 Å². The Hall–Kier alpha value is -0.620. The summed E-state index contributed by atoms with van der Waals surface area (Å²) in [4.78, 5) is 12.2. The SMILES string of the molecule is C1=C(CSC(=NC2CCCCCC2)NC2CCCCCC2)N2CCN=C2S1. The van der Waals surface area contributed by atoms with Gasteiger partial charge in [-0.3, -0.25) is 9.98 Å². The minimum absolute atomic E-state index is 0.532. The molecule has 2 saturated carbocycles. The maximum absolute atomic E-state index is 5.25. The molecule has 2 fully saturated rings. The average molecular weight is 407 g/mol. The van der Waals surface area contributed by atoms with Gasteiger partial charge in [-0.15, -0.1) is 0 Å². The molecule has 27 heavy (non-hydrogen) atoms. The smallest absolute Gasteiger partial charge is 0.167 e. The predicted molar refractivity (Wildman–Crippen MR) is 121 cm³/mol. The molecular weight excluding hydrogens is 372 g/mol. The zero-order valence-corrected chi connectivity index (χ0v) is 18.1. The first-order chi connectivity index (χ1) is 13.4. The molecule has 0 bridgehead atoms. The van der Waals surface area contributed by atoms with Crippen LogP contribution < -0.4 is 5.32 Å². The van der Waals surface area contributed by atoms with Crippen molar-refractivity contribution in [3.63, 3.8) is 0 Å². The number of nitrogens with one attached hydrogen (secondary N) is 1. The summed E-state index contributed by atoms with van der Waals surface area (Å²) in [6.07, 6.45) is 16.2. The van der Waals surface area contributed by atoms with Crippen molar-refractivity contribution in [3.05, 3.63) is 11.1 Å². The van der Waals surface area contributed by atoms with E-state index in [0.29, 0.717) is 12.1 Å². The van der Waals surface area contributed by atoms with E-state index in [1.54, 1.807) is 11.8 Å². The van der Waals surface area contributed by atoms with E-state index < -0.39 is 0 Å². The summed E-state index contributed by atoms with van der Waals surface area (Å²) < 4.78 is 0. The number of aliphatic imine (C=N–C) groups is 2. The topological polar surface area (TPSA) is 40.0 Å². The number of hydrogen-bond donors (Lipinski definition) is 1. The van der Waals surface area contributed by atoms with E-state index in [-0.39, 0.29) is 0 Å². The van der Waals surface area contributed by atoms with Gasteiger partial charge in [-0.2, -0.15) is 0 Å². The van der Waals surface area contributed by atoms with Gasteiger partial charge in [0.25, 0.3) is 0 Å². The number of rotatable bonds is 4. The summed E-state index contributed by atoms with van der Waals surface area (Å²) in [5, 5.41) is 8.58. The van der Waals surface area contributed by atoms with Gasteiger partial charge in [-0.05, 0) is 31.1 Å². The molecule has 150 valence electrons. The van der Waals surface area contributed by atoms with Crippen LogP contribution in [0.2, 0.25) is 0 Å². The molecule has 0 radical (unpaired) electrons. The zero-order chi connectivity index (χ0) is 18.3. The molecule has 0 aromatic rings. The van der Waals surface area contributed by atoms with Crippen LogP contribution in [0.3, 0.4) is 0 Å². The molecule has 0 spiro atoms. The summed E-state index contributed by atoms with van der Waals surface area (Å²) in [5.41, 5.74) is 1.41. The van der Waals surface area contributed by atoms with Gasteiger partial charge in [0.2, 0.25) is 0 Å². The first-order valence-corrected chi connectivity index (χ1v) is 12.9. The highest BCUT2D eigenvalue weighted by atomic mass is 32.2. The lowest BCUT2D eigenvalue weighted by Crippen LogP contribution is -2.34. The van der Waals surface area contributed by atoms with Crippen LogP contribution in [0.4, 0.5) is 0 Å². The van der Waals surface area contributed by atoms with Crippen molar-refractivity contribution < 1.29 is 0 Å². The normalized spacial score (nSPS) is 25.6. The molecule has 0 saturated heterocycles. The van der Waals surface area contributed by atoms with E-state index in [0.717, 1.165) is 18.8 Å². The molecule has 4 rings (SSSR count). The molecule has 0 amide bonds. The van der Waals surface area contributed by atoms with Crippen LogP contribution in [0.5, 0.6) is 0 Å². The van der Waals surface area contributed by atoms with Crippen LogP contribution in [0, 0.1) is 0 Å². The Bertz CT molecular complexity index is 571. The molecular formula is C21H34N4S2. The minimum atomic E-state index is 0.532. The van der Waals surface area contributed by atoms with E-state index in [9.17, 15) is 0 Å². The van der Waals surface area contributed by atoms with Crippen LogP contribution in [0.1, 0.15) is 77.0 Å². The summed E-state index contributed by atoms with van der Waals surface area (Å²) >= 11 is 3.72. The van der Waals surface area contributed by atoms with Gasteiger partial charge in [-0.1, -0.05) is 74.9 Å². The summed E-state index contributed by atoms with van der Waals surface area (Å²) in [5.74, 6) is 1.01. The number of thioether (sulfide) groups is 2. The van der Waals surface area contributed by atoms with Crippen molar-refractivity contribution in [2.24, 2.45) is 9.98 Å². The third-order valence-corrected chi connectivity index (χ3v) is 8.00. The number of hydrogen-bond acceptors (Lipinski definition) is 5. The van der Waals surface area contributed by atoms with Gasteiger partial charge in [0.15, 0.2) is 10.3 Å². The Morgan fingerprint density at radius 2 is 1.78 bits per heavy atom. The van der Waals surface area contributed by atoms with E-state index in [1.165, 1.54) is 93.1 Å². The highest BCUT2D eigenvalue weighted by molar-refractivity contribution is 8.17. The molecule has 0 aromatic heterocycles. The van der Waals surface area contributed by atoms with Crippen molar-refractivity contribution in [2.75, 3.05) is 18.8 Å². The fourth-order valence-electron chi connectivity index (χ4n) is 4.50. The van der Waals surface area contributed by atoms with Gasteiger partial charge >= 0.3 is 0 Å². The van der Waals surface area contributed by atoms with Gasteiger partial charge in [0.05, 0.1) is 12.6 Å². The maximum Gasteiger partial charge on any atom is 0.167 e. The molecule has 2 heterocycles. The number of nitrogens with zero attached hydrogens (tertiary/aromatic N) is 3. The molecule has 4 nitrogen and oxygen atoms in total. The van der Waals surface area contributed by atoms with E-state index in [2.05, 4.69) is 20.6 Å². The molecule has 2 aliphatic heterocycles. The lowest BCUT2D eigenvalue weighted by molar-refractivity contribution is 0.528. The summed E-state index contributed by atoms with van der Waals surface area (Å²) in [6, 6.07) is 1.16. The predicted octanol–water partition coefficient (Wildman–Crippen LogP) is 5.37. The number of amidine groups is 2. The van der Waals surface area contributed by atoms with Crippen molar-refractivity contribution in [3.8, 4) is 0 Å². The second kappa shape index (κ2) is 10.2. The second-order valence-electron chi connectivity index (χ2n) is 8.24. The fraction of sp³-hybridized carbons (Fsp3) is 0.810. The Kier molecular flexibility index (Phi) is 7.47. The zero-order valence-electron chi connectivity index (χ0n) is 16.5.